The first kappa shape index (κ1) is 17.7. The SMILES string of the molecule is C=CCn1c(=O)c2cnc(SC)nc2n1-c1ccc(=O)n(C2CCCC2)n1. The van der Waals surface area contributed by atoms with Crippen LogP contribution in [0.1, 0.15) is 31.7 Å². The second-order valence-electron chi connectivity index (χ2n) is 6.49. The third kappa shape index (κ3) is 3.01. The highest BCUT2D eigenvalue weighted by Crippen LogP contribution is 2.27. The normalized spacial score (nSPS) is 14.9. The van der Waals surface area contributed by atoms with E-state index in [0.29, 0.717) is 28.6 Å². The van der Waals surface area contributed by atoms with E-state index in [2.05, 4.69) is 21.6 Å². The molecule has 0 unspecified atom stereocenters. The molecule has 0 bridgehead atoms. The number of thioether (sulfide) groups is 1. The van der Waals surface area contributed by atoms with Crippen molar-refractivity contribution >= 4 is 22.8 Å². The highest BCUT2D eigenvalue weighted by molar-refractivity contribution is 7.98. The molecule has 3 heterocycles. The largest absolute Gasteiger partial charge is 0.278 e. The minimum absolute atomic E-state index is 0.107. The summed E-state index contributed by atoms with van der Waals surface area (Å²) in [4.78, 5) is 33.9. The van der Waals surface area contributed by atoms with E-state index in [1.165, 1.54) is 22.5 Å². The lowest BCUT2D eigenvalue weighted by Gasteiger charge is -2.15. The average molecular weight is 384 g/mol. The van der Waals surface area contributed by atoms with Gasteiger partial charge in [-0.1, -0.05) is 30.7 Å². The molecule has 3 aromatic rings. The Balaban J connectivity index is 1.98. The molecule has 4 rings (SSSR count). The smallest absolute Gasteiger partial charge is 0.268 e. The number of allylic oxidation sites excluding steroid dienone is 1. The van der Waals surface area contributed by atoms with Gasteiger partial charge in [0.25, 0.3) is 11.1 Å². The second-order valence-corrected chi connectivity index (χ2v) is 7.27. The molecule has 1 saturated carbocycles. The summed E-state index contributed by atoms with van der Waals surface area (Å²) in [6.07, 6.45) is 9.15. The topological polar surface area (TPSA) is 87.6 Å². The third-order valence-corrected chi connectivity index (χ3v) is 5.40. The average Bonchev–Trinajstić information content (AvgIpc) is 3.30. The summed E-state index contributed by atoms with van der Waals surface area (Å²) in [6.45, 7) is 4.04. The molecule has 0 radical (unpaired) electrons. The summed E-state index contributed by atoms with van der Waals surface area (Å²) < 4.78 is 4.72. The Morgan fingerprint density at radius 1 is 1.30 bits per heavy atom. The summed E-state index contributed by atoms with van der Waals surface area (Å²) in [5.74, 6) is 0.487. The Labute approximate surface area is 159 Å². The van der Waals surface area contributed by atoms with Crippen molar-refractivity contribution in [1.29, 1.82) is 0 Å². The molecule has 0 aromatic carbocycles. The molecule has 9 heteroatoms. The number of aromatic nitrogens is 6. The van der Waals surface area contributed by atoms with Crippen LogP contribution in [0.3, 0.4) is 0 Å². The maximum absolute atomic E-state index is 12.8. The molecule has 0 N–H and O–H groups in total. The summed E-state index contributed by atoms with van der Waals surface area (Å²) >= 11 is 1.40. The molecule has 0 atom stereocenters. The van der Waals surface area contributed by atoms with Crippen LogP contribution in [0.15, 0.2) is 45.7 Å². The van der Waals surface area contributed by atoms with E-state index >= 15 is 0 Å². The van der Waals surface area contributed by atoms with Crippen molar-refractivity contribution in [1.82, 2.24) is 29.1 Å². The molecule has 1 fully saturated rings. The highest BCUT2D eigenvalue weighted by atomic mass is 32.2. The van der Waals surface area contributed by atoms with Crippen molar-refractivity contribution < 1.29 is 0 Å². The minimum atomic E-state index is -0.210. The molecule has 8 nitrogen and oxygen atoms in total. The zero-order valence-electron chi connectivity index (χ0n) is 15.0. The number of nitrogens with zero attached hydrogens (tertiary/aromatic N) is 6. The summed E-state index contributed by atoms with van der Waals surface area (Å²) in [5.41, 5.74) is 0.141. The first-order valence-electron chi connectivity index (χ1n) is 8.87. The van der Waals surface area contributed by atoms with E-state index in [1.54, 1.807) is 27.7 Å². The first-order chi connectivity index (χ1) is 13.1. The Kier molecular flexibility index (Phi) is 4.69. The van der Waals surface area contributed by atoms with Crippen LogP contribution in [-0.2, 0) is 6.54 Å². The predicted molar refractivity (Wildman–Crippen MR) is 105 cm³/mol. The van der Waals surface area contributed by atoms with Gasteiger partial charge in [0, 0.05) is 12.3 Å². The maximum Gasteiger partial charge on any atom is 0.278 e. The number of fused-ring (bicyclic) bond motifs is 1. The van der Waals surface area contributed by atoms with E-state index in [4.69, 9.17) is 0 Å². The van der Waals surface area contributed by atoms with Crippen LogP contribution >= 0.6 is 11.8 Å². The van der Waals surface area contributed by atoms with Gasteiger partial charge in [-0.15, -0.1) is 11.7 Å². The van der Waals surface area contributed by atoms with E-state index < -0.39 is 0 Å². The van der Waals surface area contributed by atoms with Crippen LogP contribution in [0.4, 0.5) is 0 Å². The fourth-order valence-corrected chi connectivity index (χ4v) is 3.91. The molecule has 27 heavy (non-hydrogen) atoms. The molecule has 0 aliphatic heterocycles. The Morgan fingerprint density at radius 2 is 2.07 bits per heavy atom. The minimum Gasteiger partial charge on any atom is -0.268 e. The number of hydrogen-bond donors (Lipinski definition) is 0. The van der Waals surface area contributed by atoms with Crippen molar-refractivity contribution in [2.24, 2.45) is 0 Å². The predicted octanol–water partition coefficient (Wildman–Crippen LogP) is 2.16. The molecule has 0 amide bonds. The Hall–Kier alpha value is -2.68. The van der Waals surface area contributed by atoms with Gasteiger partial charge in [-0.05, 0) is 25.2 Å². The Morgan fingerprint density at radius 3 is 2.78 bits per heavy atom. The van der Waals surface area contributed by atoms with Crippen molar-refractivity contribution in [3.05, 3.63) is 51.7 Å². The summed E-state index contributed by atoms with van der Waals surface area (Å²) in [6, 6.07) is 3.24. The molecular formula is C18H20N6O2S. The van der Waals surface area contributed by atoms with Gasteiger partial charge in [0.2, 0.25) is 0 Å². The van der Waals surface area contributed by atoms with E-state index in [-0.39, 0.29) is 17.2 Å². The first-order valence-corrected chi connectivity index (χ1v) is 10.1. The van der Waals surface area contributed by atoms with Crippen LogP contribution in [0.5, 0.6) is 0 Å². The van der Waals surface area contributed by atoms with Gasteiger partial charge in [0.1, 0.15) is 5.39 Å². The highest BCUT2D eigenvalue weighted by Gasteiger charge is 2.22. The quantitative estimate of drug-likeness (QED) is 0.381. The van der Waals surface area contributed by atoms with Gasteiger partial charge in [0.15, 0.2) is 16.6 Å². The van der Waals surface area contributed by atoms with Crippen LogP contribution in [0.2, 0.25) is 0 Å². The molecule has 0 spiro atoms. The van der Waals surface area contributed by atoms with Crippen LogP contribution in [-0.4, -0.2) is 35.4 Å². The Bertz CT molecular complexity index is 1120. The van der Waals surface area contributed by atoms with Gasteiger partial charge in [-0.3, -0.25) is 9.59 Å². The molecule has 3 aromatic heterocycles. The van der Waals surface area contributed by atoms with Crippen molar-refractivity contribution in [3.63, 3.8) is 0 Å². The van der Waals surface area contributed by atoms with Gasteiger partial charge in [0.05, 0.1) is 12.6 Å². The lowest BCUT2D eigenvalue weighted by Crippen LogP contribution is -2.28. The maximum atomic E-state index is 12.8. The van der Waals surface area contributed by atoms with Crippen molar-refractivity contribution in [2.45, 2.75) is 43.4 Å². The zero-order chi connectivity index (χ0) is 19.0. The second kappa shape index (κ2) is 7.15. The fraction of sp³-hybridized carbons (Fsp3) is 0.389. The van der Waals surface area contributed by atoms with Crippen LogP contribution in [0, 0.1) is 0 Å². The lowest BCUT2D eigenvalue weighted by molar-refractivity contribution is 0.435. The van der Waals surface area contributed by atoms with E-state index in [0.717, 1.165) is 25.7 Å². The summed E-state index contributed by atoms with van der Waals surface area (Å²) in [5, 5.41) is 5.57. The van der Waals surface area contributed by atoms with E-state index in [1.807, 2.05) is 6.26 Å². The van der Waals surface area contributed by atoms with Crippen molar-refractivity contribution in [2.75, 3.05) is 6.26 Å². The molecule has 1 aliphatic rings. The molecule has 140 valence electrons. The lowest BCUT2D eigenvalue weighted by atomic mass is 10.2. The third-order valence-electron chi connectivity index (χ3n) is 4.84. The fourth-order valence-electron chi connectivity index (χ4n) is 3.57. The van der Waals surface area contributed by atoms with Gasteiger partial charge < -0.3 is 0 Å². The van der Waals surface area contributed by atoms with E-state index in [9.17, 15) is 9.59 Å². The molecular weight excluding hydrogens is 364 g/mol. The monoisotopic (exact) mass is 384 g/mol. The number of rotatable bonds is 5. The summed E-state index contributed by atoms with van der Waals surface area (Å²) in [7, 11) is 0. The van der Waals surface area contributed by atoms with Crippen molar-refractivity contribution in [3.8, 4) is 5.82 Å². The van der Waals surface area contributed by atoms with Gasteiger partial charge in [-0.2, -0.15) is 0 Å². The number of hydrogen-bond acceptors (Lipinski definition) is 6. The van der Waals surface area contributed by atoms with Gasteiger partial charge in [-0.25, -0.2) is 24.0 Å². The van der Waals surface area contributed by atoms with Gasteiger partial charge >= 0.3 is 0 Å². The standard InChI is InChI=1S/C18H20N6O2S/c1-3-10-22-17(26)13-11-19-18(27-2)20-16(13)24(22)14-8-9-15(25)23(21-14)12-6-4-5-7-12/h3,8-9,11-12H,1,4-7,10H2,2H3. The zero-order valence-corrected chi connectivity index (χ0v) is 15.9. The molecule has 1 aliphatic carbocycles. The molecule has 0 saturated heterocycles. The van der Waals surface area contributed by atoms with Crippen LogP contribution < -0.4 is 11.1 Å². The van der Waals surface area contributed by atoms with Crippen LogP contribution in [0.25, 0.3) is 16.9 Å².